The number of hydrogen-bond acceptors (Lipinski definition) is 9. The molecule has 1 heterocycles. The minimum atomic E-state index is -0.744. The lowest BCUT2D eigenvalue weighted by molar-refractivity contribution is -0.392. The van der Waals surface area contributed by atoms with Crippen LogP contribution in [0.3, 0.4) is 0 Å². The normalized spacial score (nSPS) is 10.1. The van der Waals surface area contributed by atoms with Crippen LogP contribution in [0.25, 0.3) is 0 Å². The lowest BCUT2D eigenvalue weighted by atomic mass is 10.5. The second-order valence-electron chi connectivity index (χ2n) is 4.27. The number of nitro groups is 1. The van der Waals surface area contributed by atoms with E-state index in [1.165, 1.54) is 4.57 Å². The molecule has 0 fully saturated rings. The van der Waals surface area contributed by atoms with E-state index in [4.69, 9.17) is 14.7 Å². The molecule has 13 heteroatoms. The number of hydrogen-bond donors (Lipinski definition) is 3. The monoisotopic (exact) mass is 361 g/mol. The molecule has 0 aromatic carbocycles. The highest BCUT2D eigenvalue weighted by atomic mass is 32.1. The van der Waals surface area contributed by atoms with Gasteiger partial charge in [-0.25, -0.2) is 19.8 Å². The summed E-state index contributed by atoms with van der Waals surface area (Å²) in [6.07, 6.45) is 1.12. The number of amides is 1. The van der Waals surface area contributed by atoms with Crippen LogP contribution in [0.1, 0.15) is 5.82 Å². The number of rotatable bonds is 8. The van der Waals surface area contributed by atoms with E-state index in [0.717, 1.165) is 6.20 Å². The molecule has 0 radical (unpaired) electrons. The molecule has 0 atom stereocenters. The Balaban J connectivity index is 2.28. The van der Waals surface area contributed by atoms with E-state index in [9.17, 15) is 19.7 Å². The number of nitrogens with one attached hydrogen (secondary N) is 2. The van der Waals surface area contributed by atoms with E-state index in [2.05, 4.69) is 22.5 Å². The Morgan fingerprint density at radius 2 is 2.21 bits per heavy atom. The van der Waals surface area contributed by atoms with Crippen LogP contribution >= 0.6 is 12.2 Å². The van der Waals surface area contributed by atoms with E-state index in [-0.39, 0.29) is 24.1 Å². The van der Waals surface area contributed by atoms with Crippen LogP contribution in [0.5, 0.6) is 0 Å². The minimum Gasteiger partial charge on any atom is -0.460 e. The Kier molecular flexibility index (Phi) is 7.67. The summed E-state index contributed by atoms with van der Waals surface area (Å²) in [5, 5.41) is 20.9. The zero-order valence-corrected chi connectivity index (χ0v) is 13.4. The number of esters is 1. The summed E-state index contributed by atoms with van der Waals surface area (Å²) in [7, 11) is 0. The molecule has 1 aromatic rings. The van der Waals surface area contributed by atoms with Gasteiger partial charge in [-0.3, -0.25) is 15.3 Å². The van der Waals surface area contributed by atoms with E-state index in [1.807, 2.05) is 0 Å². The van der Waals surface area contributed by atoms with E-state index in [1.54, 1.807) is 12.4 Å². The van der Waals surface area contributed by atoms with Crippen molar-refractivity contribution in [2.45, 2.75) is 13.5 Å². The van der Waals surface area contributed by atoms with Gasteiger partial charge in [-0.2, -0.15) is 0 Å². The number of carbonyl (C=O) groups excluding carboxylic acids is 2. The Hall–Kier alpha value is -2.64. The van der Waals surface area contributed by atoms with Gasteiger partial charge in [0.15, 0.2) is 10.9 Å². The van der Waals surface area contributed by atoms with Crippen molar-refractivity contribution in [1.29, 1.82) is 0 Å². The van der Waals surface area contributed by atoms with Gasteiger partial charge in [-0.1, -0.05) is 0 Å². The van der Waals surface area contributed by atoms with Crippen LogP contribution in [-0.4, -0.2) is 56.5 Å². The predicted molar refractivity (Wildman–Crippen MR) is 81.1 cm³/mol. The van der Waals surface area contributed by atoms with Crippen LogP contribution in [0.4, 0.5) is 5.82 Å². The highest BCUT2D eigenvalue weighted by Crippen LogP contribution is 2.12. The number of thiocarbonyl (C=S) groups is 1. The molecule has 1 aromatic heterocycles. The quantitative estimate of drug-likeness (QED) is 0.228. The first-order chi connectivity index (χ1) is 11.3. The first-order valence-electron chi connectivity index (χ1n) is 6.49. The average Bonchev–Trinajstić information content (AvgIpc) is 2.88. The summed E-state index contributed by atoms with van der Waals surface area (Å²) in [6, 6.07) is 0. The van der Waals surface area contributed by atoms with Gasteiger partial charge in [0.05, 0.1) is 0 Å². The molecule has 132 valence electrons. The van der Waals surface area contributed by atoms with E-state index in [0.29, 0.717) is 5.82 Å². The number of imidazole rings is 1. The van der Waals surface area contributed by atoms with Gasteiger partial charge in [0.25, 0.3) is 5.91 Å². The van der Waals surface area contributed by atoms with Crippen molar-refractivity contribution in [1.82, 2.24) is 20.3 Å². The molecule has 1 amide bonds. The van der Waals surface area contributed by atoms with Crippen molar-refractivity contribution in [2.24, 2.45) is 0 Å². The maximum atomic E-state index is 11.4. The van der Waals surface area contributed by atoms with E-state index >= 15 is 0 Å². The molecule has 0 saturated heterocycles. The summed E-state index contributed by atoms with van der Waals surface area (Å²) >= 11 is 4.47. The van der Waals surface area contributed by atoms with Gasteiger partial charge in [-0.15, -0.1) is 0 Å². The predicted octanol–water partition coefficient (Wildman–Crippen LogP) is -0.961. The molecule has 3 N–H and O–H groups in total. The average molecular weight is 361 g/mol. The Morgan fingerprint density at radius 1 is 1.50 bits per heavy atom. The SMILES string of the molecule is Cc1ncc([N+](=O)[O-])n1CCOC(=O)COCC(=O)NC(=S)NO. The third-order valence-electron chi connectivity index (χ3n) is 2.61. The Bertz CT molecular complexity index is 632. The lowest BCUT2D eigenvalue weighted by Crippen LogP contribution is -2.39. The lowest BCUT2D eigenvalue weighted by Gasteiger charge is -2.07. The second-order valence-corrected chi connectivity index (χ2v) is 4.68. The number of hydroxylamine groups is 1. The third kappa shape index (κ3) is 6.23. The molecule has 12 nitrogen and oxygen atoms in total. The van der Waals surface area contributed by atoms with Crippen LogP contribution in [0.2, 0.25) is 0 Å². The van der Waals surface area contributed by atoms with Crippen LogP contribution in [-0.2, 0) is 25.6 Å². The van der Waals surface area contributed by atoms with Gasteiger partial charge in [0.1, 0.15) is 32.6 Å². The molecule has 0 bridgehead atoms. The molecule has 0 unspecified atom stereocenters. The van der Waals surface area contributed by atoms with Gasteiger partial charge >= 0.3 is 11.8 Å². The summed E-state index contributed by atoms with van der Waals surface area (Å²) < 4.78 is 10.9. The first-order valence-corrected chi connectivity index (χ1v) is 6.89. The zero-order valence-electron chi connectivity index (χ0n) is 12.6. The fourth-order valence-electron chi connectivity index (χ4n) is 1.59. The maximum Gasteiger partial charge on any atom is 0.342 e. The Labute approximate surface area is 140 Å². The molecular formula is C11H15N5O7S. The van der Waals surface area contributed by atoms with Crippen LogP contribution in [0.15, 0.2) is 6.20 Å². The topological polar surface area (TPSA) is 158 Å². The van der Waals surface area contributed by atoms with Gasteiger partial charge in [0, 0.05) is 6.92 Å². The van der Waals surface area contributed by atoms with Gasteiger partial charge < -0.3 is 19.6 Å². The fourth-order valence-corrected chi connectivity index (χ4v) is 1.70. The molecule has 0 spiro atoms. The number of aryl methyl sites for hydroxylation is 1. The zero-order chi connectivity index (χ0) is 18.1. The highest BCUT2D eigenvalue weighted by Gasteiger charge is 2.17. The first kappa shape index (κ1) is 19.4. The molecule has 0 saturated carbocycles. The third-order valence-corrected chi connectivity index (χ3v) is 2.80. The largest absolute Gasteiger partial charge is 0.460 e. The van der Waals surface area contributed by atoms with Crippen molar-refractivity contribution in [3.63, 3.8) is 0 Å². The summed E-state index contributed by atoms with van der Waals surface area (Å²) in [5.74, 6) is -1.20. The summed E-state index contributed by atoms with van der Waals surface area (Å²) in [4.78, 5) is 36.6. The number of ether oxygens (including phenoxy) is 2. The van der Waals surface area contributed by atoms with Crippen LogP contribution in [0, 0.1) is 17.0 Å². The molecular weight excluding hydrogens is 346 g/mol. The molecule has 0 aliphatic rings. The smallest absolute Gasteiger partial charge is 0.342 e. The fraction of sp³-hybridized carbons (Fsp3) is 0.455. The molecule has 0 aliphatic heterocycles. The summed E-state index contributed by atoms with van der Waals surface area (Å²) in [6.45, 7) is 0.568. The number of aromatic nitrogens is 2. The molecule has 1 rings (SSSR count). The minimum absolute atomic E-state index is 0.0603. The second kappa shape index (κ2) is 9.49. The van der Waals surface area contributed by atoms with Gasteiger partial charge in [-0.05, 0) is 17.1 Å². The van der Waals surface area contributed by atoms with Crippen molar-refractivity contribution >= 4 is 35.0 Å². The van der Waals surface area contributed by atoms with Gasteiger partial charge in [0.2, 0.25) is 0 Å². The highest BCUT2D eigenvalue weighted by molar-refractivity contribution is 7.80. The summed E-state index contributed by atoms with van der Waals surface area (Å²) in [5.41, 5.74) is 1.55. The maximum absolute atomic E-state index is 11.4. The number of nitrogens with zero attached hydrogens (tertiary/aromatic N) is 3. The van der Waals surface area contributed by atoms with Crippen LogP contribution < -0.4 is 10.8 Å². The van der Waals surface area contributed by atoms with Crippen molar-refractivity contribution in [3.05, 3.63) is 22.1 Å². The molecule has 0 aliphatic carbocycles. The van der Waals surface area contributed by atoms with Crippen molar-refractivity contribution in [3.8, 4) is 0 Å². The number of carbonyl (C=O) groups is 2. The van der Waals surface area contributed by atoms with Crippen molar-refractivity contribution < 1.29 is 29.2 Å². The standard InChI is InChI=1S/C11H15N5O7S/c1-7-12-4-9(16(20)21)15(7)2-3-23-10(18)6-22-5-8(17)13-11(24)14-19/h4,19H,2-3,5-6H2,1H3,(H2,13,14,17,24). The Morgan fingerprint density at radius 3 is 2.83 bits per heavy atom. The van der Waals surface area contributed by atoms with E-state index < -0.39 is 30.0 Å². The molecule has 24 heavy (non-hydrogen) atoms. The van der Waals surface area contributed by atoms with Crippen molar-refractivity contribution in [2.75, 3.05) is 19.8 Å².